The maximum Gasteiger partial charge on any atom is 0.122 e. The molecule has 1 aromatic carbocycles. The highest BCUT2D eigenvalue weighted by Gasteiger charge is 2.11. The van der Waals surface area contributed by atoms with Crippen molar-refractivity contribution in [1.82, 2.24) is 4.90 Å². The van der Waals surface area contributed by atoms with Crippen molar-refractivity contribution in [1.29, 1.82) is 5.41 Å². The van der Waals surface area contributed by atoms with Gasteiger partial charge in [0.25, 0.3) is 0 Å². The van der Waals surface area contributed by atoms with E-state index in [1.807, 2.05) is 18.2 Å². The minimum Gasteiger partial charge on any atom is -0.384 e. The van der Waals surface area contributed by atoms with Crippen molar-refractivity contribution in [3.63, 3.8) is 0 Å². The summed E-state index contributed by atoms with van der Waals surface area (Å²) >= 11 is 0. The van der Waals surface area contributed by atoms with E-state index in [9.17, 15) is 0 Å². The standard InChI is InChI=1S/C12H17N3.ClH/c13-12(14)11-5-3-4-10(8-11)9-15-6-1-2-7-15;/h3-5,8H,1-2,6-7,9H2,(H3,13,14);1H. The fourth-order valence-corrected chi connectivity index (χ4v) is 2.04. The van der Waals surface area contributed by atoms with E-state index < -0.39 is 0 Å². The van der Waals surface area contributed by atoms with Crippen LogP contribution < -0.4 is 5.73 Å². The molecule has 0 radical (unpaired) electrons. The SMILES string of the molecule is Cl.N=C(N)c1cccc(CN2CCCC2)c1. The molecule has 0 saturated carbocycles. The molecule has 1 aromatic rings. The molecule has 0 spiro atoms. The van der Waals surface area contributed by atoms with Crippen LogP contribution in [0.4, 0.5) is 0 Å². The number of nitrogens with zero attached hydrogens (tertiary/aromatic N) is 1. The van der Waals surface area contributed by atoms with Crippen LogP contribution in [0, 0.1) is 5.41 Å². The van der Waals surface area contributed by atoms with E-state index in [1.54, 1.807) is 0 Å². The van der Waals surface area contributed by atoms with Crippen LogP contribution in [0.15, 0.2) is 24.3 Å². The van der Waals surface area contributed by atoms with Crippen LogP contribution in [0.1, 0.15) is 24.0 Å². The van der Waals surface area contributed by atoms with Gasteiger partial charge in [-0.1, -0.05) is 18.2 Å². The van der Waals surface area contributed by atoms with E-state index in [-0.39, 0.29) is 18.2 Å². The minimum atomic E-state index is 0. The lowest BCUT2D eigenvalue weighted by molar-refractivity contribution is 0.331. The van der Waals surface area contributed by atoms with Crippen LogP contribution in [-0.4, -0.2) is 23.8 Å². The predicted octanol–water partition coefficient (Wildman–Crippen LogP) is 1.99. The van der Waals surface area contributed by atoms with Crippen molar-refractivity contribution >= 4 is 18.2 Å². The Hall–Kier alpha value is -1.06. The molecule has 3 N–H and O–H groups in total. The van der Waals surface area contributed by atoms with E-state index in [4.69, 9.17) is 11.1 Å². The molecule has 0 atom stereocenters. The average Bonchev–Trinajstić information content (AvgIpc) is 2.71. The Labute approximate surface area is 103 Å². The first kappa shape index (κ1) is 13.0. The highest BCUT2D eigenvalue weighted by Crippen LogP contribution is 2.13. The normalized spacial score (nSPS) is 15.8. The predicted molar refractivity (Wildman–Crippen MR) is 69.2 cm³/mol. The molecular formula is C12H18ClN3. The van der Waals surface area contributed by atoms with Gasteiger partial charge < -0.3 is 5.73 Å². The number of nitrogen functional groups attached to an aromatic ring is 1. The molecule has 3 nitrogen and oxygen atoms in total. The van der Waals surface area contributed by atoms with Crippen LogP contribution in [0.3, 0.4) is 0 Å². The number of likely N-dealkylation sites (tertiary alicyclic amines) is 1. The summed E-state index contributed by atoms with van der Waals surface area (Å²) in [5.74, 6) is 0.151. The van der Waals surface area contributed by atoms with Crippen LogP contribution in [-0.2, 0) is 6.54 Å². The van der Waals surface area contributed by atoms with Crippen molar-refractivity contribution < 1.29 is 0 Å². The van der Waals surface area contributed by atoms with Gasteiger partial charge in [0.1, 0.15) is 5.84 Å². The third-order valence-electron chi connectivity index (χ3n) is 2.84. The van der Waals surface area contributed by atoms with E-state index in [1.165, 1.54) is 31.5 Å². The van der Waals surface area contributed by atoms with Gasteiger partial charge in [-0.05, 0) is 37.6 Å². The molecule has 1 aliphatic heterocycles. The molecule has 4 heteroatoms. The van der Waals surface area contributed by atoms with Gasteiger partial charge in [-0.2, -0.15) is 0 Å². The van der Waals surface area contributed by atoms with Gasteiger partial charge in [-0.15, -0.1) is 12.4 Å². The Morgan fingerprint density at radius 1 is 1.31 bits per heavy atom. The number of hydrogen-bond donors (Lipinski definition) is 2. The second kappa shape index (κ2) is 5.87. The number of hydrogen-bond acceptors (Lipinski definition) is 2. The Balaban J connectivity index is 0.00000128. The van der Waals surface area contributed by atoms with Crippen LogP contribution in [0.25, 0.3) is 0 Å². The van der Waals surface area contributed by atoms with Gasteiger partial charge in [-0.25, -0.2) is 0 Å². The van der Waals surface area contributed by atoms with Gasteiger partial charge in [0.05, 0.1) is 0 Å². The number of rotatable bonds is 3. The van der Waals surface area contributed by atoms with Crippen molar-refractivity contribution in [2.45, 2.75) is 19.4 Å². The zero-order valence-corrected chi connectivity index (χ0v) is 10.1. The Bertz CT molecular complexity index is 359. The summed E-state index contributed by atoms with van der Waals surface area (Å²) in [6.07, 6.45) is 2.62. The number of amidine groups is 1. The third kappa shape index (κ3) is 3.22. The quantitative estimate of drug-likeness (QED) is 0.626. The summed E-state index contributed by atoms with van der Waals surface area (Å²) in [6, 6.07) is 7.98. The average molecular weight is 240 g/mol. The highest BCUT2D eigenvalue weighted by molar-refractivity contribution is 5.95. The van der Waals surface area contributed by atoms with Gasteiger partial charge in [-0.3, -0.25) is 10.3 Å². The van der Waals surface area contributed by atoms with E-state index in [2.05, 4.69) is 11.0 Å². The lowest BCUT2D eigenvalue weighted by Crippen LogP contribution is -2.19. The number of nitrogens with two attached hydrogens (primary N) is 1. The summed E-state index contributed by atoms with van der Waals surface area (Å²) in [5, 5.41) is 7.38. The maximum absolute atomic E-state index is 7.38. The van der Waals surface area contributed by atoms with Crippen molar-refractivity contribution in [2.24, 2.45) is 5.73 Å². The zero-order chi connectivity index (χ0) is 10.7. The smallest absolute Gasteiger partial charge is 0.122 e. The number of nitrogens with one attached hydrogen (secondary N) is 1. The van der Waals surface area contributed by atoms with Crippen LogP contribution in [0.2, 0.25) is 0 Å². The van der Waals surface area contributed by atoms with Crippen molar-refractivity contribution in [2.75, 3.05) is 13.1 Å². The van der Waals surface area contributed by atoms with Crippen molar-refractivity contribution in [3.05, 3.63) is 35.4 Å². The summed E-state index contributed by atoms with van der Waals surface area (Å²) in [5.41, 5.74) is 7.54. The molecule has 1 aliphatic rings. The lowest BCUT2D eigenvalue weighted by atomic mass is 10.1. The number of benzene rings is 1. The molecule has 16 heavy (non-hydrogen) atoms. The third-order valence-corrected chi connectivity index (χ3v) is 2.84. The molecule has 0 bridgehead atoms. The van der Waals surface area contributed by atoms with Gasteiger partial charge >= 0.3 is 0 Å². The molecular weight excluding hydrogens is 222 g/mol. The Morgan fingerprint density at radius 3 is 2.62 bits per heavy atom. The summed E-state index contributed by atoms with van der Waals surface area (Å²) in [4.78, 5) is 2.44. The summed E-state index contributed by atoms with van der Waals surface area (Å²) in [7, 11) is 0. The Kier molecular flexibility index (Phi) is 4.77. The first-order valence-electron chi connectivity index (χ1n) is 5.41. The topological polar surface area (TPSA) is 53.1 Å². The molecule has 0 unspecified atom stereocenters. The zero-order valence-electron chi connectivity index (χ0n) is 9.28. The van der Waals surface area contributed by atoms with Crippen molar-refractivity contribution in [3.8, 4) is 0 Å². The first-order chi connectivity index (χ1) is 7.25. The van der Waals surface area contributed by atoms with Crippen LogP contribution >= 0.6 is 12.4 Å². The summed E-state index contributed by atoms with van der Waals surface area (Å²) < 4.78 is 0. The van der Waals surface area contributed by atoms with Gasteiger partial charge in [0.2, 0.25) is 0 Å². The van der Waals surface area contributed by atoms with Gasteiger partial charge in [0, 0.05) is 12.1 Å². The van der Waals surface area contributed by atoms with E-state index >= 15 is 0 Å². The van der Waals surface area contributed by atoms with E-state index in [0.29, 0.717) is 0 Å². The summed E-state index contributed by atoms with van der Waals surface area (Å²) in [6.45, 7) is 3.38. The molecule has 0 aromatic heterocycles. The largest absolute Gasteiger partial charge is 0.384 e. The molecule has 1 heterocycles. The second-order valence-electron chi connectivity index (χ2n) is 4.10. The molecule has 2 rings (SSSR count). The molecule has 88 valence electrons. The molecule has 1 saturated heterocycles. The van der Waals surface area contributed by atoms with Crippen LogP contribution in [0.5, 0.6) is 0 Å². The maximum atomic E-state index is 7.38. The fourth-order valence-electron chi connectivity index (χ4n) is 2.04. The Morgan fingerprint density at radius 2 is 2.00 bits per heavy atom. The van der Waals surface area contributed by atoms with Gasteiger partial charge in [0.15, 0.2) is 0 Å². The first-order valence-corrected chi connectivity index (χ1v) is 5.41. The number of halogens is 1. The fraction of sp³-hybridized carbons (Fsp3) is 0.417. The molecule has 0 amide bonds. The molecule has 0 aliphatic carbocycles. The minimum absolute atomic E-state index is 0. The lowest BCUT2D eigenvalue weighted by Gasteiger charge is -2.14. The second-order valence-corrected chi connectivity index (χ2v) is 4.10. The monoisotopic (exact) mass is 239 g/mol. The van der Waals surface area contributed by atoms with E-state index in [0.717, 1.165) is 12.1 Å². The highest BCUT2D eigenvalue weighted by atomic mass is 35.5. The molecule has 1 fully saturated rings.